The molecule has 0 bridgehead atoms. The molecule has 1 aromatic rings. The van der Waals surface area contributed by atoms with Crippen molar-refractivity contribution in [3.63, 3.8) is 0 Å². The minimum atomic E-state index is -0.809. The van der Waals surface area contributed by atoms with Crippen LogP contribution in [0.1, 0.15) is 32.4 Å². The number of benzene rings is 1. The molecule has 1 aromatic carbocycles. The summed E-state index contributed by atoms with van der Waals surface area (Å²) in [5, 5.41) is 3.58. The molecule has 0 amide bonds. The standard InChI is InChI=1S/C13H21NOS/c1-10(2)16(15)11(3)13(14-4)12-8-6-5-7-9-12/h5-11,13-14H,1-4H3. The van der Waals surface area contributed by atoms with E-state index in [9.17, 15) is 4.21 Å². The molecule has 0 aliphatic carbocycles. The zero-order chi connectivity index (χ0) is 12.1. The number of hydrogen-bond donors (Lipinski definition) is 1. The zero-order valence-electron chi connectivity index (χ0n) is 10.4. The van der Waals surface area contributed by atoms with Crippen LogP contribution in [0.15, 0.2) is 30.3 Å². The van der Waals surface area contributed by atoms with E-state index in [-0.39, 0.29) is 16.5 Å². The van der Waals surface area contributed by atoms with Gasteiger partial charge in [0.2, 0.25) is 0 Å². The SMILES string of the molecule is CNC(c1ccccc1)C(C)S(=O)C(C)C. The van der Waals surface area contributed by atoms with Crippen molar-refractivity contribution in [3.8, 4) is 0 Å². The van der Waals surface area contributed by atoms with E-state index in [1.54, 1.807) is 0 Å². The van der Waals surface area contributed by atoms with Gasteiger partial charge in [-0.25, -0.2) is 0 Å². The van der Waals surface area contributed by atoms with Crippen LogP contribution in [-0.2, 0) is 10.8 Å². The Kier molecular flexibility index (Phi) is 5.16. The quantitative estimate of drug-likeness (QED) is 0.855. The maximum Gasteiger partial charge on any atom is 0.0517 e. The molecular formula is C13H21NOS. The molecule has 0 saturated heterocycles. The molecule has 90 valence electrons. The van der Waals surface area contributed by atoms with Gasteiger partial charge in [-0.15, -0.1) is 0 Å². The van der Waals surface area contributed by atoms with E-state index in [2.05, 4.69) is 17.4 Å². The average Bonchev–Trinajstić information content (AvgIpc) is 2.30. The van der Waals surface area contributed by atoms with E-state index in [1.807, 2.05) is 46.0 Å². The Labute approximate surface area is 101 Å². The first-order valence-corrected chi connectivity index (χ1v) is 6.97. The van der Waals surface area contributed by atoms with Gasteiger partial charge in [0.25, 0.3) is 0 Å². The fourth-order valence-corrected chi connectivity index (χ4v) is 3.32. The summed E-state index contributed by atoms with van der Waals surface area (Å²) in [5.41, 5.74) is 1.20. The first-order chi connectivity index (χ1) is 7.57. The van der Waals surface area contributed by atoms with Crippen LogP contribution >= 0.6 is 0 Å². The lowest BCUT2D eigenvalue weighted by molar-refractivity contribution is 0.567. The van der Waals surface area contributed by atoms with Crippen molar-refractivity contribution in [1.82, 2.24) is 5.32 Å². The average molecular weight is 239 g/mol. The fraction of sp³-hybridized carbons (Fsp3) is 0.538. The topological polar surface area (TPSA) is 29.1 Å². The second kappa shape index (κ2) is 6.16. The third kappa shape index (κ3) is 3.16. The third-order valence-electron chi connectivity index (χ3n) is 2.77. The van der Waals surface area contributed by atoms with E-state index >= 15 is 0 Å². The van der Waals surface area contributed by atoms with Gasteiger partial charge in [0, 0.05) is 22.1 Å². The smallest absolute Gasteiger partial charge is 0.0517 e. The van der Waals surface area contributed by atoms with Crippen molar-refractivity contribution >= 4 is 10.8 Å². The van der Waals surface area contributed by atoms with Crippen LogP contribution < -0.4 is 5.32 Å². The number of rotatable bonds is 5. The molecule has 0 radical (unpaired) electrons. The summed E-state index contributed by atoms with van der Waals surface area (Å²) in [5.74, 6) is 0. The van der Waals surface area contributed by atoms with Gasteiger partial charge in [0.05, 0.1) is 5.25 Å². The maximum atomic E-state index is 12.1. The normalized spacial score (nSPS) is 17.1. The van der Waals surface area contributed by atoms with E-state index in [0.29, 0.717) is 0 Å². The molecule has 16 heavy (non-hydrogen) atoms. The van der Waals surface area contributed by atoms with Crippen molar-refractivity contribution in [2.24, 2.45) is 0 Å². The van der Waals surface area contributed by atoms with E-state index in [0.717, 1.165) is 0 Å². The lowest BCUT2D eigenvalue weighted by Gasteiger charge is -2.25. The van der Waals surface area contributed by atoms with Crippen LogP contribution in [0.5, 0.6) is 0 Å². The summed E-state index contributed by atoms with van der Waals surface area (Å²) in [6.45, 7) is 6.05. The molecule has 0 saturated carbocycles. The van der Waals surface area contributed by atoms with Gasteiger partial charge in [-0.1, -0.05) is 44.2 Å². The highest BCUT2D eigenvalue weighted by atomic mass is 32.2. The van der Waals surface area contributed by atoms with E-state index in [1.165, 1.54) is 5.56 Å². The molecule has 1 rings (SSSR count). The summed E-state index contributed by atoms with van der Waals surface area (Å²) in [4.78, 5) is 0. The first kappa shape index (κ1) is 13.4. The summed E-state index contributed by atoms with van der Waals surface area (Å²) < 4.78 is 12.1. The second-order valence-electron chi connectivity index (χ2n) is 4.26. The summed E-state index contributed by atoms with van der Waals surface area (Å²) in [7, 11) is 1.11. The van der Waals surface area contributed by atoms with Crippen molar-refractivity contribution in [2.75, 3.05) is 7.05 Å². The number of nitrogens with one attached hydrogen (secondary N) is 1. The Hall–Kier alpha value is -0.670. The summed E-state index contributed by atoms with van der Waals surface area (Å²) in [6.07, 6.45) is 0. The molecular weight excluding hydrogens is 218 g/mol. The van der Waals surface area contributed by atoms with Crippen LogP contribution in [0.2, 0.25) is 0 Å². The molecule has 0 aliphatic heterocycles. The minimum Gasteiger partial charge on any atom is -0.312 e. The molecule has 3 unspecified atom stereocenters. The van der Waals surface area contributed by atoms with Gasteiger partial charge in [0.15, 0.2) is 0 Å². The van der Waals surface area contributed by atoms with Crippen LogP contribution in [-0.4, -0.2) is 21.8 Å². The van der Waals surface area contributed by atoms with Crippen LogP contribution in [0, 0.1) is 0 Å². The van der Waals surface area contributed by atoms with Crippen molar-refractivity contribution in [3.05, 3.63) is 35.9 Å². The van der Waals surface area contributed by atoms with Crippen LogP contribution in [0.3, 0.4) is 0 Å². The second-order valence-corrected chi connectivity index (χ2v) is 6.60. The Morgan fingerprint density at radius 1 is 1.12 bits per heavy atom. The highest BCUT2D eigenvalue weighted by Crippen LogP contribution is 2.21. The lowest BCUT2D eigenvalue weighted by Crippen LogP contribution is -2.33. The number of hydrogen-bond acceptors (Lipinski definition) is 2. The molecule has 1 N–H and O–H groups in total. The molecule has 0 aromatic heterocycles. The van der Waals surface area contributed by atoms with Gasteiger partial charge in [0.1, 0.15) is 0 Å². The van der Waals surface area contributed by atoms with Crippen molar-refractivity contribution in [1.29, 1.82) is 0 Å². The maximum absolute atomic E-state index is 12.1. The molecule has 3 atom stereocenters. The van der Waals surface area contributed by atoms with Crippen molar-refractivity contribution in [2.45, 2.75) is 37.3 Å². The highest BCUT2D eigenvalue weighted by Gasteiger charge is 2.24. The van der Waals surface area contributed by atoms with Gasteiger partial charge in [-0.2, -0.15) is 0 Å². The minimum absolute atomic E-state index is 0.118. The Morgan fingerprint density at radius 3 is 2.12 bits per heavy atom. The Bertz CT molecular complexity index is 337. The predicted molar refractivity (Wildman–Crippen MR) is 71.0 cm³/mol. The third-order valence-corrected chi connectivity index (χ3v) is 4.70. The fourth-order valence-electron chi connectivity index (χ4n) is 1.90. The van der Waals surface area contributed by atoms with Gasteiger partial charge in [-0.05, 0) is 19.5 Å². The summed E-state index contributed by atoms with van der Waals surface area (Å²) in [6, 6.07) is 10.4. The molecule has 0 spiro atoms. The highest BCUT2D eigenvalue weighted by molar-refractivity contribution is 7.86. The van der Waals surface area contributed by atoms with Gasteiger partial charge in [-0.3, -0.25) is 4.21 Å². The van der Waals surface area contributed by atoms with Crippen molar-refractivity contribution < 1.29 is 4.21 Å². The molecule has 0 aliphatic rings. The summed E-state index contributed by atoms with van der Waals surface area (Å²) >= 11 is 0. The lowest BCUT2D eigenvalue weighted by atomic mass is 10.0. The van der Waals surface area contributed by atoms with E-state index in [4.69, 9.17) is 0 Å². The molecule has 2 nitrogen and oxygen atoms in total. The largest absolute Gasteiger partial charge is 0.312 e. The van der Waals surface area contributed by atoms with Gasteiger partial charge >= 0.3 is 0 Å². The van der Waals surface area contributed by atoms with Gasteiger partial charge < -0.3 is 5.32 Å². The zero-order valence-corrected chi connectivity index (χ0v) is 11.3. The molecule has 3 heteroatoms. The predicted octanol–water partition coefficient (Wildman–Crippen LogP) is 2.49. The Morgan fingerprint density at radius 2 is 1.69 bits per heavy atom. The Balaban J connectivity index is 2.87. The first-order valence-electron chi connectivity index (χ1n) is 5.69. The van der Waals surface area contributed by atoms with E-state index < -0.39 is 10.8 Å². The van der Waals surface area contributed by atoms with Crippen LogP contribution in [0.4, 0.5) is 0 Å². The van der Waals surface area contributed by atoms with Crippen LogP contribution in [0.25, 0.3) is 0 Å². The molecule has 0 heterocycles. The molecule has 0 fully saturated rings. The monoisotopic (exact) mass is 239 g/mol.